The second-order valence-electron chi connectivity index (χ2n) is 4.21. The van der Waals surface area contributed by atoms with E-state index in [1.165, 1.54) is 7.11 Å². The number of esters is 1. The Labute approximate surface area is 120 Å². The summed E-state index contributed by atoms with van der Waals surface area (Å²) in [6.07, 6.45) is 0.601. The zero-order chi connectivity index (χ0) is 14.9. The van der Waals surface area contributed by atoms with Crippen LogP contribution in [0.25, 0.3) is 10.9 Å². The van der Waals surface area contributed by atoms with Crippen LogP contribution in [-0.2, 0) is 4.74 Å². The number of carbonyl (C=O) groups is 2. The average Bonchev–Trinajstić information content (AvgIpc) is 2.79. The predicted molar refractivity (Wildman–Crippen MR) is 75.9 cm³/mol. The van der Waals surface area contributed by atoms with E-state index in [2.05, 4.69) is 4.98 Å². The number of ether oxygens (including phenoxy) is 2. The maximum atomic E-state index is 11.9. The molecule has 0 saturated heterocycles. The van der Waals surface area contributed by atoms with E-state index in [-0.39, 0.29) is 17.9 Å². The number of fused-ring (bicyclic) bond motifs is 1. The molecule has 1 aromatic heterocycles. The van der Waals surface area contributed by atoms with Crippen LogP contribution in [0.1, 0.15) is 33.3 Å². The Morgan fingerprint density at radius 2 is 2.20 bits per heavy atom. The van der Waals surface area contributed by atoms with Crippen molar-refractivity contribution in [2.45, 2.75) is 13.8 Å². The minimum Gasteiger partial charge on any atom is -0.496 e. The van der Waals surface area contributed by atoms with Crippen molar-refractivity contribution >= 4 is 34.8 Å². The van der Waals surface area contributed by atoms with Crippen molar-refractivity contribution in [3.05, 3.63) is 27.9 Å². The molecule has 2 aromatic rings. The summed E-state index contributed by atoms with van der Waals surface area (Å²) in [7, 11) is 1.50. The van der Waals surface area contributed by atoms with Crippen LogP contribution in [0.2, 0.25) is 5.02 Å². The number of halogens is 1. The number of rotatable bonds is 4. The van der Waals surface area contributed by atoms with E-state index in [0.29, 0.717) is 28.0 Å². The summed E-state index contributed by atoms with van der Waals surface area (Å²) >= 11 is 6.16. The Kier molecular flexibility index (Phi) is 3.99. The molecular weight excluding hydrogens is 282 g/mol. The minimum absolute atomic E-state index is 0.0858. The first-order chi connectivity index (χ1) is 9.54. The van der Waals surface area contributed by atoms with Crippen LogP contribution in [0, 0.1) is 6.92 Å². The molecule has 0 amide bonds. The van der Waals surface area contributed by atoms with E-state index in [9.17, 15) is 9.59 Å². The lowest BCUT2D eigenvalue weighted by Gasteiger charge is -2.07. The Bertz CT molecular complexity index is 690. The molecule has 106 valence electrons. The van der Waals surface area contributed by atoms with E-state index in [4.69, 9.17) is 21.1 Å². The molecule has 0 fully saturated rings. The molecule has 1 N–H and O–H groups in total. The third kappa shape index (κ3) is 2.14. The molecular formula is C14H14ClNO4. The lowest BCUT2D eigenvalue weighted by Crippen LogP contribution is -2.07. The fourth-order valence-electron chi connectivity index (χ4n) is 2.20. The zero-order valence-electron chi connectivity index (χ0n) is 11.4. The molecule has 1 aromatic carbocycles. The van der Waals surface area contributed by atoms with E-state index in [0.717, 1.165) is 5.56 Å². The van der Waals surface area contributed by atoms with Gasteiger partial charge in [0.1, 0.15) is 11.4 Å². The largest absolute Gasteiger partial charge is 0.496 e. The maximum absolute atomic E-state index is 11.9. The highest BCUT2D eigenvalue weighted by Gasteiger charge is 2.23. The fraction of sp³-hybridized carbons (Fsp3) is 0.286. The zero-order valence-corrected chi connectivity index (χ0v) is 12.1. The van der Waals surface area contributed by atoms with Crippen molar-refractivity contribution < 1.29 is 19.1 Å². The lowest BCUT2D eigenvalue weighted by atomic mass is 10.1. The molecule has 0 spiro atoms. The van der Waals surface area contributed by atoms with Crippen molar-refractivity contribution in [1.29, 1.82) is 0 Å². The van der Waals surface area contributed by atoms with Crippen LogP contribution in [0.15, 0.2) is 6.07 Å². The van der Waals surface area contributed by atoms with E-state index >= 15 is 0 Å². The van der Waals surface area contributed by atoms with Gasteiger partial charge in [-0.1, -0.05) is 11.6 Å². The number of nitrogens with one attached hydrogen (secondary N) is 1. The van der Waals surface area contributed by atoms with Crippen LogP contribution in [0.3, 0.4) is 0 Å². The Hall–Kier alpha value is -2.01. The number of aromatic amines is 1. The van der Waals surface area contributed by atoms with Gasteiger partial charge in [-0.3, -0.25) is 4.79 Å². The third-order valence-corrected chi connectivity index (χ3v) is 3.31. The number of carbonyl (C=O) groups excluding carboxylic acids is 2. The molecule has 20 heavy (non-hydrogen) atoms. The number of aldehydes is 1. The summed E-state index contributed by atoms with van der Waals surface area (Å²) in [6, 6.07) is 1.71. The van der Waals surface area contributed by atoms with Gasteiger partial charge in [0.25, 0.3) is 0 Å². The standard InChI is InChI=1S/C14H14ClNO4/c1-4-20-14(18)11-8(6-17)10-12(16-11)9(15)5-7(2)13(10)19-3/h5-6,16H,4H2,1-3H3. The number of hydrogen-bond donors (Lipinski definition) is 1. The van der Waals surface area contributed by atoms with E-state index in [1.54, 1.807) is 13.0 Å². The second-order valence-corrected chi connectivity index (χ2v) is 4.62. The summed E-state index contributed by atoms with van der Waals surface area (Å²) in [4.78, 5) is 26.1. The Morgan fingerprint density at radius 3 is 2.75 bits per heavy atom. The molecule has 0 unspecified atom stereocenters. The highest BCUT2D eigenvalue weighted by molar-refractivity contribution is 6.36. The van der Waals surface area contributed by atoms with Crippen LogP contribution in [-0.4, -0.2) is 31.0 Å². The number of H-pyrrole nitrogens is 1. The number of methoxy groups -OCH3 is 1. The molecule has 0 radical (unpaired) electrons. The molecule has 5 nitrogen and oxygen atoms in total. The molecule has 0 saturated carbocycles. The fourth-order valence-corrected chi connectivity index (χ4v) is 2.50. The van der Waals surface area contributed by atoms with Crippen molar-refractivity contribution in [2.24, 2.45) is 0 Å². The summed E-state index contributed by atoms with van der Waals surface area (Å²) in [5.74, 6) is -0.0835. The molecule has 1 heterocycles. The first-order valence-corrected chi connectivity index (χ1v) is 6.44. The summed E-state index contributed by atoms with van der Waals surface area (Å²) < 4.78 is 10.2. The van der Waals surface area contributed by atoms with Gasteiger partial charge in [-0.25, -0.2) is 4.79 Å². The molecule has 0 aliphatic heterocycles. The number of aryl methyl sites for hydroxylation is 1. The van der Waals surface area contributed by atoms with E-state index in [1.807, 2.05) is 6.92 Å². The molecule has 0 atom stereocenters. The Morgan fingerprint density at radius 1 is 1.50 bits per heavy atom. The van der Waals surface area contributed by atoms with Crippen molar-refractivity contribution in [3.63, 3.8) is 0 Å². The quantitative estimate of drug-likeness (QED) is 0.695. The highest BCUT2D eigenvalue weighted by atomic mass is 35.5. The molecule has 2 rings (SSSR count). The SMILES string of the molecule is CCOC(=O)c1[nH]c2c(Cl)cc(C)c(OC)c2c1C=O. The van der Waals surface area contributed by atoms with Gasteiger partial charge in [-0.2, -0.15) is 0 Å². The monoisotopic (exact) mass is 295 g/mol. The van der Waals surface area contributed by atoms with Crippen LogP contribution in [0.4, 0.5) is 0 Å². The summed E-state index contributed by atoms with van der Waals surface area (Å²) in [5.41, 5.74) is 1.55. The van der Waals surface area contributed by atoms with Gasteiger partial charge in [0.15, 0.2) is 6.29 Å². The minimum atomic E-state index is -0.596. The highest BCUT2D eigenvalue weighted by Crippen LogP contribution is 2.37. The van der Waals surface area contributed by atoms with Gasteiger partial charge in [-0.05, 0) is 25.5 Å². The first kappa shape index (κ1) is 14.4. The van der Waals surface area contributed by atoms with Crippen molar-refractivity contribution in [1.82, 2.24) is 4.98 Å². The number of aromatic nitrogens is 1. The van der Waals surface area contributed by atoms with Gasteiger partial charge < -0.3 is 14.5 Å². The summed E-state index contributed by atoms with van der Waals surface area (Å²) in [5, 5.41) is 0.910. The summed E-state index contributed by atoms with van der Waals surface area (Å²) in [6.45, 7) is 3.73. The number of benzene rings is 1. The number of hydrogen-bond acceptors (Lipinski definition) is 4. The molecule has 0 aliphatic rings. The topological polar surface area (TPSA) is 68.4 Å². The van der Waals surface area contributed by atoms with Gasteiger partial charge in [-0.15, -0.1) is 0 Å². The van der Waals surface area contributed by atoms with Crippen LogP contribution >= 0.6 is 11.6 Å². The average molecular weight is 296 g/mol. The molecule has 6 heteroatoms. The van der Waals surface area contributed by atoms with Crippen molar-refractivity contribution in [2.75, 3.05) is 13.7 Å². The van der Waals surface area contributed by atoms with Crippen LogP contribution in [0.5, 0.6) is 5.75 Å². The van der Waals surface area contributed by atoms with Crippen molar-refractivity contribution in [3.8, 4) is 5.75 Å². The van der Waals surface area contributed by atoms with Gasteiger partial charge in [0.05, 0.1) is 35.2 Å². The lowest BCUT2D eigenvalue weighted by molar-refractivity contribution is 0.0518. The normalized spacial score (nSPS) is 10.6. The van der Waals surface area contributed by atoms with Gasteiger partial charge in [0.2, 0.25) is 0 Å². The van der Waals surface area contributed by atoms with E-state index < -0.39 is 5.97 Å². The smallest absolute Gasteiger partial charge is 0.355 e. The predicted octanol–water partition coefficient (Wildman–Crippen LogP) is 3.13. The van der Waals surface area contributed by atoms with Gasteiger partial charge in [0, 0.05) is 0 Å². The maximum Gasteiger partial charge on any atom is 0.355 e. The first-order valence-electron chi connectivity index (χ1n) is 6.06. The third-order valence-electron chi connectivity index (χ3n) is 3.01. The molecule has 0 aliphatic carbocycles. The Balaban J connectivity index is 2.84. The van der Waals surface area contributed by atoms with Gasteiger partial charge >= 0.3 is 5.97 Å². The molecule has 0 bridgehead atoms. The van der Waals surface area contributed by atoms with Crippen LogP contribution < -0.4 is 4.74 Å². The second kappa shape index (κ2) is 5.54.